The lowest BCUT2D eigenvalue weighted by molar-refractivity contribution is -0.200. The highest BCUT2D eigenvalue weighted by Crippen LogP contribution is 2.33. The first-order valence-corrected chi connectivity index (χ1v) is 25.8. The highest BCUT2D eigenvalue weighted by Gasteiger charge is 2.40. The Kier molecular flexibility index (Phi) is 25.7. The molecule has 1 aliphatic carbocycles. The van der Waals surface area contributed by atoms with E-state index >= 15 is 0 Å². The van der Waals surface area contributed by atoms with Gasteiger partial charge in [0.05, 0.1) is 77.9 Å². The molecule has 0 bridgehead atoms. The van der Waals surface area contributed by atoms with E-state index in [9.17, 15) is 43.2 Å². The summed E-state index contributed by atoms with van der Waals surface area (Å²) in [6.07, 6.45) is 6.37. The zero-order chi connectivity index (χ0) is 50.6. The Balaban J connectivity index is 0.798. The van der Waals surface area contributed by atoms with Gasteiger partial charge in [-0.05, 0) is 68.7 Å². The van der Waals surface area contributed by atoms with E-state index in [1.807, 2.05) is 6.07 Å². The van der Waals surface area contributed by atoms with Crippen LogP contribution < -0.4 is 21.3 Å². The highest BCUT2D eigenvalue weighted by atomic mass is 32.2. The van der Waals surface area contributed by atoms with Crippen LogP contribution in [0.4, 0.5) is 5.69 Å². The number of carbonyl (C=O) groups excluding carboxylic acids is 9. The van der Waals surface area contributed by atoms with Gasteiger partial charge in [-0.1, -0.05) is 31.0 Å². The Morgan fingerprint density at radius 3 is 1.89 bits per heavy atom. The molecule has 0 aromatic heterocycles. The number of ether oxygens (including phenoxy) is 6. The lowest BCUT2D eigenvalue weighted by atomic mass is 9.81. The largest absolute Gasteiger partial charge is 0.377 e. The average molecular weight is 1020 g/mol. The standard InChI is InChI=1S/C48H70N6O16S/c55-40-15-14-38(51-40)47(62)52-37(46(61)50-36-7-3-1-4-8-36)9-5-2-6-30-71-39-31-43(58)53(48(39)63)32-34-10-12-35(13-11-34)45(60)49-18-19-64-20-21-65-22-23-66-24-25-67-26-27-68-28-29-69-33-44(59)70-54-41(56)16-17-42(54)57/h1,3-4,7-8,34-35,37-39H,2,5-6,9-33H2,(H,49,60)(H,50,61)(H,51,55)(H,52,62)/t34?,35?,37-,38?,39?/m0/s1. The topological polar surface area (TPSA) is 273 Å². The summed E-state index contributed by atoms with van der Waals surface area (Å²) in [5, 5.41) is 11.3. The molecule has 4 N–H and O–H groups in total. The fraction of sp³-hybridized carbons (Fsp3) is 0.688. The molecular formula is C48H70N6O16S. The molecule has 4 fully saturated rings. The molecule has 1 aromatic carbocycles. The predicted molar refractivity (Wildman–Crippen MR) is 255 cm³/mol. The number of anilines is 1. The lowest BCUT2D eigenvalue weighted by Gasteiger charge is -2.30. The molecule has 23 heteroatoms. The monoisotopic (exact) mass is 1020 g/mol. The number of amides is 8. The maximum Gasteiger partial charge on any atom is 0.358 e. The van der Waals surface area contributed by atoms with Crippen LogP contribution in [0.15, 0.2) is 30.3 Å². The second kappa shape index (κ2) is 32.1. The van der Waals surface area contributed by atoms with Crippen LogP contribution in [0.1, 0.15) is 83.5 Å². The van der Waals surface area contributed by atoms with Crippen molar-refractivity contribution >= 4 is 70.7 Å². The number of hydrogen-bond acceptors (Lipinski definition) is 17. The van der Waals surface area contributed by atoms with Gasteiger partial charge in [0.15, 0.2) is 0 Å². The van der Waals surface area contributed by atoms with Crippen molar-refractivity contribution in [3.63, 3.8) is 0 Å². The Hall–Kier alpha value is -5.04. The van der Waals surface area contributed by atoms with Gasteiger partial charge in [-0.25, -0.2) is 4.79 Å². The van der Waals surface area contributed by atoms with E-state index in [0.29, 0.717) is 121 Å². The van der Waals surface area contributed by atoms with Gasteiger partial charge in [-0.15, -0.1) is 16.8 Å². The SMILES string of the molecule is O=C1CCC(C(=O)N[C@@H](CCCCCSC2CC(=O)N(CC3CCC(C(=O)NCCOCCOCCOCCOCCOCCOCC(=O)ON4C(=O)CCC4=O)CC3)C2=O)C(=O)Nc2ccccc2)N1. The van der Waals surface area contributed by atoms with Crippen molar-refractivity contribution in [1.82, 2.24) is 25.9 Å². The molecule has 5 rings (SSSR count). The fourth-order valence-corrected chi connectivity index (χ4v) is 9.41. The first-order valence-electron chi connectivity index (χ1n) is 24.7. The Labute approximate surface area is 418 Å². The lowest BCUT2D eigenvalue weighted by Crippen LogP contribution is -2.50. The van der Waals surface area contributed by atoms with Crippen molar-refractivity contribution in [2.45, 2.75) is 101 Å². The Morgan fingerprint density at radius 2 is 1.28 bits per heavy atom. The van der Waals surface area contributed by atoms with E-state index in [1.165, 1.54) is 16.7 Å². The number of imide groups is 2. The van der Waals surface area contributed by atoms with Gasteiger partial charge in [0.1, 0.15) is 18.7 Å². The number of carbonyl (C=O) groups is 9. The molecule has 71 heavy (non-hydrogen) atoms. The smallest absolute Gasteiger partial charge is 0.358 e. The van der Waals surface area contributed by atoms with E-state index in [2.05, 4.69) is 21.3 Å². The third kappa shape index (κ3) is 20.9. The molecule has 3 heterocycles. The van der Waals surface area contributed by atoms with Crippen LogP contribution in [-0.2, 0) is 76.4 Å². The molecule has 3 saturated heterocycles. The van der Waals surface area contributed by atoms with Gasteiger partial charge < -0.3 is 54.5 Å². The Morgan fingerprint density at radius 1 is 0.676 bits per heavy atom. The van der Waals surface area contributed by atoms with Crippen LogP contribution in [0.25, 0.3) is 0 Å². The fourth-order valence-electron chi connectivity index (χ4n) is 8.23. The number of hydroxylamine groups is 2. The van der Waals surface area contributed by atoms with Crippen LogP contribution in [0.2, 0.25) is 0 Å². The number of nitrogens with zero attached hydrogens (tertiary/aromatic N) is 2. The number of thioether (sulfide) groups is 1. The molecule has 1 aromatic rings. The second-order valence-corrected chi connectivity index (χ2v) is 18.8. The number of nitrogens with one attached hydrogen (secondary N) is 4. The van der Waals surface area contributed by atoms with Crippen molar-refractivity contribution in [3.8, 4) is 0 Å². The summed E-state index contributed by atoms with van der Waals surface area (Å²) >= 11 is 1.48. The van der Waals surface area contributed by atoms with Crippen molar-refractivity contribution < 1.29 is 76.4 Å². The van der Waals surface area contributed by atoms with Crippen molar-refractivity contribution in [3.05, 3.63) is 30.3 Å². The second-order valence-electron chi connectivity index (χ2n) is 17.5. The van der Waals surface area contributed by atoms with Crippen LogP contribution in [0.3, 0.4) is 0 Å². The molecule has 22 nitrogen and oxygen atoms in total. The summed E-state index contributed by atoms with van der Waals surface area (Å²) in [5.74, 6) is -2.45. The third-order valence-corrected chi connectivity index (χ3v) is 13.4. The number of unbranched alkanes of at least 4 members (excludes halogenated alkanes) is 2. The molecular weight excluding hydrogens is 949 g/mol. The van der Waals surface area contributed by atoms with Gasteiger partial charge in [-0.3, -0.25) is 43.3 Å². The zero-order valence-corrected chi connectivity index (χ0v) is 41.2. The quantitative estimate of drug-likeness (QED) is 0.0553. The summed E-state index contributed by atoms with van der Waals surface area (Å²) in [6.45, 7) is 4.00. The number of likely N-dealkylation sites (tertiary alicyclic amines) is 1. The normalized spacial score (nSPS) is 20.6. The third-order valence-electron chi connectivity index (χ3n) is 12.1. The van der Waals surface area contributed by atoms with Gasteiger partial charge in [0.2, 0.25) is 35.4 Å². The van der Waals surface area contributed by atoms with Gasteiger partial charge in [0.25, 0.3) is 11.8 Å². The molecule has 394 valence electrons. The summed E-state index contributed by atoms with van der Waals surface area (Å²) in [7, 11) is 0. The predicted octanol–water partition coefficient (Wildman–Crippen LogP) is 1.44. The van der Waals surface area contributed by atoms with Crippen molar-refractivity contribution in [2.75, 3.05) is 103 Å². The molecule has 4 aliphatic rings. The first-order chi connectivity index (χ1) is 34.5. The maximum absolute atomic E-state index is 13.3. The first kappa shape index (κ1) is 56.9. The summed E-state index contributed by atoms with van der Waals surface area (Å²) in [6, 6.07) is 7.56. The Bertz CT molecular complexity index is 1890. The van der Waals surface area contributed by atoms with Crippen LogP contribution in [0, 0.1) is 11.8 Å². The summed E-state index contributed by atoms with van der Waals surface area (Å²) in [5.41, 5.74) is 0.618. The molecule has 8 amide bonds. The molecule has 0 spiro atoms. The number of benzene rings is 1. The van der Waals surface area contributed by atoms with Crippen molar-refractivity contribution in [2.24, 2.45) is 11.8 Å². The van der Waals surface area contributed by atoms with Crippen LogP contribution in [-0.4, -0.2) is 179 Å². The number of rotatable bonds is 35. The molecule has 0 radical (unpaired) electrons. The van der Waals surface area contributed by atoms with Crippen molar-refractivity contribution in [1.29, 1.82) is 0 Å². The van der Waals surface area contributed by atoms with Crippen LogP contribution >= 0.6 is 11.8 Å². The highest BCUT2D eigenvalue weighted by molar-refractivity contribution is 8.00. The van der Waals surface area contributed by atoms with Gasteiger partial charge in [0, 0.05) is 50.4 Å². The average Bonchev–Trinajstić information content (AvgIpc) is 4.03. The zero-order valence-electron chi connectivity index (χ0n) is 40.4. The van der Waals surface area contributed by atoms with Gasteiger partial charge in [-0.2, -0.15) is 0 Å². The van der Waals surface area contributed by atoms with E-state index in [0.717, 1.165) is 25.7 Å². The molecule has 3 atom stereocenters. The number of hydrogen-bond donors (Lipinski definition) is 4. The van der Waals surface area contributed by atoms with Gasteiger partial charge >= 0.3 is 5.97 Å². The molecule has 1 saturated carbocycles. The van der Waals surface area contributed by atoms with E-state index in [-0.39, 0.29) is 86.2 Å². The number of para-hydroxylation sites is 1. The minimum atomic E-state index is -0.840. The minimum Gasteiger partial charge on any atom is -0.377 e. The maximum atomic E-state index is 13.3. The summed E-state index contributed by atoms with van der Waals surface area (Å²) < 4.78 is 32.5. The van der Waals surface area contributed by atoms with E-state index < -0.39 is 41.7 Å². The molecule has 2 unspecified atom stereocenters. The van der Waals surface area contributed by atoms with Crippen LogP contribution in [0.5, 0.6) is 0 Å². The summed E-state index contributed by atoms with van der Waals surface area (Å²) in [4.78, 5) is 117. The van der Waals surface area contributed by atoms with E-state index in [1.54, 1.807) is 24.3 Å². The minimum absolute atomic E-state index is 0.0166. The molecule has 3 aliphatic heterocycles. The van der Waals surface area contributed by atoms with E-state index in [4.69, 9.17) is 33.3 Å².